The summed E-state index contributed by atoms with van der Waals surface area (Å²) in [5.74, 6) is -1.14. The van der Waals surface area contributed by atoms with Crippen LogP contribution >= 0.6 is 0 Å². The third kappa shape index (κ3) is 5.42. The topological polar surface area (TPSA) is 186 Å². The summed E-state index contributed by atoms with van der Waals surface area (Å²) in [4.78, 5) is 26.8. The van der Waals surface area contributed by atoms with E-state index in [1.165, 1.54) is 53.6 Å². The first-order valence-electron chi connectivity index (χ1n) is 11.1. The molecule has 0 radical (unpaired) electrons. The fourth-order valence-corrected chi connectivity index (χ4v) is 4.88. The summed E-state index contributed by atoms with van der Waals surface area (Å²) in [5, 5.41) is 15.2. The second-order valence-corrected chi connectivity index (χ2v) is 11.4. The first-order valence-corrected chi connectivity index (χ1v) is 14.0. The van der Waals surface area contributed by atoms with Crippen molar-refractivity contribution in [1.29, 1.82) is 5.26 Å². The van der Waals surface area contributed by atoms with Gasteiger partial charge in [0.25, 0.3) is 32.1 Å². The minimum absolute atomic E-state index is 0.0505. The minimum Gasteiger partial charge on any atom is -0.287 e. The number of hydrazone groups is 1. The lowest BCUT2D eigenvalue weighted by molar-refractivity contribution is -0.123. The Morgan fingerprint density at radius 2 is 1.49 bits per heavy atom. The van der Waals surface area contributed by atoms with E-state index in [-0.39, 0.29) is 33.2 Å². The first-order chi connectivity index (χ1) is 18.3. The quantitative estimate of drug-likeness (QED) is 0.390. The van der Waals surface area contributed by atoms with Gasteiger partial charge < -0.3 is 0 Å². The van der Waals surface area contributed by atoms with Crippen LogP contribution in [0.3, 0.4) is 0 Å². The number of nitrogens with zero attached hydrogens (tertiary/aromatic N) is 4. The Hall–Kier alpha value is -4.42. The van der Waals surface area contributed by atoms with E-state index in [0.29, 0.717) is 5.71 Å². The lowest BCUT2D eigenvalue weighted by Crippen LogP contribution is -2.42. The van der Waals surface area contributed by atoms with Crippen molar-refractivity contribution >= 4 is 49.1 Å². The number of rotatable bonds is 6. The minimum atomic E-state index is -4.42. The Morgan fingerprint density at radius 3 is 2.00 bits per heavy atom. The number of anilines is 2. The number of hydrogen-bond acceptors (Lipinski definition) is 8. The standard InChI is InChI=1S/C25H20N4O8S2/c1-17-22(23(30)29(27-17)19-7-11-21(12-8-19)39(35,36)37)4-2-13-25(16-26)14-3-15-28(24(25)31)18-5-9-20(10-6-18)38(32,33)34/h2-13,15H,14H2,1H3,(H,32,33,34)(H,35,36,37). The van der Waals surface area contributed by atoms with Crippen molar-refractivity contribution in [3.8, 4) is 6.07 Å². The van der Waals surface area contributed by atoms with E-state index in [0.717, 1.165) is 29.3 Å². The molecule has 0 saturated heterocycles. The van der Waals surface area contributed by atoms with E-state index in [9.17, 15) is 31.7 Å². The summed E-state index contributed by atoms with van der Waals surface area (Å²) >= 11 is 0. The predicted molar refractivity (Wildman–Crippen MR) is 140 cm³/mol. The SMILES string of the molecule is CC1=NN(c2ccc(S(=O)(=O)O)cc2)C(=O)C1=CC=CC1(C#N)CC=CN(c2ccc(S(=O)(=O)O)cc2)C1=O. The monoisotopic (exact) mass is 568 g/mol. The summed E-state index contributed by atoms with van der Waals surface area (Å²) in [6.07, 6.45) is 7.27. The molecule has 12 nitrogen and oxygen atoms in total. The van der Waals surface area contributed by atoms with Crippen LogP contribution in [0, 0.1) is 16.7 Å². The lowest BCUT2D eigenvalue weighted by atomic mass is 9.82. The van der Waals surface area contributed by atoms with Gasteiger partial charge in [0.2, 0.25) is 0 Å². The molecule has 4 rings (SSSR count). The highest BCUT2D eigenvalue weighted by Crippen LogP contribution is 2.34. The molecule has 2 heterocycles. The van der Waals surface area contributed by atoms with E-state index >= 15 is 0 Å². The molecule has 2 aliphatic heterocycles. The van der Waals surface area contributed by atoms with Gasteiger partial charge in [0, 0.05) is 11.9 Å². The van der Waals surface area contributed by atoms with Crippen molar-refractivity contribution in [3.63, 3.8) is 0 Å². The highest BCUT2D eigenvalue weighted by atomic mass is 32.2. The van der Waals surface area contributed by atoms with Crippen molar-refractivity contribution in [2.45, 2.75) is 23.1 Å². The van der Waals surface area contributed by atoms with Gasteiger partial charge in [-0.25, -0.2) is 0 Å². The van der Waals surface area contributed by atoms with E-state index in [1.807, 2.05) is 6.07 Å². The van der Waals surface area contributed by atoms with Crippen LogP contribution in [0.5, 0.6) is 0 Å². The molecular formula is C25H20N4O8S2. The van der Waals surface area contributed by atoms with Gasteiger partial charge in [-0.05, 0) is 68.0 Å². The summed E-state index contributed by atoms with van der Waals surface area (Å²) < 4.78 is 63.4. The largest absolute Gasteiger partial charge is 0.294 e. The van der Waals surface area contributed by atoms with Crippen molar-refractivity contribution in [3.05, 3.63) is 84.6 Å². The normalized spacial score (nSPS) is 21.1. The molecule has 0 saturated carbocycles. The van der Waals surface area contributed by atoms with Crippen LogP contribution in [0.1, 0.15) is 13.3 Å². The summed E-state index contributed by atoms with van der Waals surface area (Å²) in [6.45, 7) is 1.58. The van der Waals surface area contributed by atoms with Crippen molar-refractivity contribution in [2.75, 3.05) is 9.91 Å². The Labute approximate surface area is 224 Å². The second kappa shape index (κ2) is 10.0. The molecule has 2 aromatic rings. The van der Waals surface area contributed by atoms with E-state index < -0.39 is 37.5 Å². The molecule has 2 amide bonds. The van der Waals surface area contributed by atoms with Crippen LogP contribution in [-0.4, -0.2) is 43.5 Å². The highest BCUT2D eigenvalue weighted by Gasteiger charge is 2.41. The fraction of sp³-hybridized carbons (Fsp3) is 0.120. The third-order valence-electron chi connectivity index (χ3n) is 5.99. The van der Waals surface area contributed by atoms with Crippen molar-refractivity contribution in [1.82, 2.24) is 0 Å². The zero-order valence-electron chi connectivity index (χ0n) is 20.2. The molecule has 1 atom stereocenters. The summed E-state index contributed by atoms with van der Waals surface area (Å²) in [7, 11) is -8.82. The smallest absolute Gasteiger partial charge is 0.287 e. The van der Waals surface area contributed by atoms with Crippen LogP contribution in [0.25, 0.3) is 0 Å². The molecule has 1 unspecified atom stereocenters. The number of nitriles is 1. The fourth-order valence-electron chi connectivity index (χ4n) is 3.92. The van der Waals surface area contributed by atoms with Gasteiger partial charge in [-0.3, -0.25) is 23.6 Å². The van der Waals surface area contributed by atoms with Crippen molar-refractivity contribution < 1.29 is 35.5 Å². The molecule has 0 spiro atoms. The molecule has 0 aromatic heterocycles. The summed E-state index contributed by atoms with van der Waals surface area (Å²) in [5.41, 5.74) is -0.569. The maximum atomic E-state index is 13.3. The maximum absolute atomic E-state index is 13.3. The zero-order valence-corrected chi connectivity index (χ0v) is 21.8. The molecule has 0 bridgehead atoms. The van der Waals surface area contributed by atoms with Crippen molar-refractivity contribution in [2.24, 2.45) is 10.5 Å². The Bertz CT molecular complexity index is 1730. The molecule has 2 aliphatic rings. The predicted octanol–water partition coefficient (Wildman–Crippen LogP) is 2.85. The second-order valence-electron chi connectivity index (χ2n) is 8.53. The lowest BCUT2D eigenvalue weighted by Gasteiger charge is -2.31. The van der Waals surface area contributed by atoms with Crippen LogP contribution in [0.2, 0.25) is 0 Å². The molecule has 0 aliphatic carbocycles. The number of benzene rings is 2. The van der Waals surface area contributed by atoms with Gasteiger partial charge >= 0.3 is 0 Å². The highest BCUT2D eigenvalue weighted by molar-refractivity contribution is 7.86. The number of allylic oxidation sites excluding steroid dienone is 3. The molecule has 14 heteroatoms. The van der Waals surface area contributed by atoms with E-state index in [4.69, 9.17) is 9.11 Å². The average molecular weight is 569 g/mol. The van der Waals surface area contributed by atoms with Crippen LogP contribution in [0.4, 0.5) is 11.4 Å². The molecule has 200 valence electrons. The van der Waals surface area contributed by atoms with E-state index in [1.54, 1.807) is 13.0 Å². The number of amides is 2. The zero-order chi connectivity index (χ0) is 28.6. The Morgan fingerprint density at radius 1 is 0.949 bits per heavy atom. The molecule has 2 aromatic carbocycles. The molecule has 39 heavy (non-hydrogen) atoms. The van der Waals surface area contributed by atoms with Gasteiger partial charge in [0.05, 0.1) is 32.8 Å². The van der Waals surface area contributed by atoms with E-state index in [2.05, 4.69) is 5.10 Å². The van der Waals surface area contributed by atoms with Gasteiger partial charge in [-0.15, -0.1) is 0 Å². The van der Waals surface area contributed by atoms with Gasteiger partial charge in [0.1, 0.15) is 0 Å². The number of carbonyl (C=O) groups is 2. The van der Waals surface area contributed by atoms with Crippen LogP contribution in [0.15, 0.2) is 99.5 Å². The Balaban J connectivity index is 1.56. The molecule has 2 N–H and O–H groups in total. The van der Waals surface area contributed by atoms with Gasteiger partial charge in [-0.1, -0.05) is 18.2 Å². The van der Waals surface area contributed by atoms with Gasteiger partial charge in [0.15, 0.2) is 5.41 Å². The average Bonchev–Trinajstić information content (AvgIpc) is 3.17. The van der Waals surface area contributed by atoms with Gasteiger partial charge in [-0.2, -0.15) is 32.2 Å². The Kier molecular flexibility index (Phi) is 7.11. The molecule has 0 fully saturated rings. The number of carbonyl (C=O) groups excluding carboxylic acids is 2. The van der Waals surface area contributed by atoms with Crippen LogP contribution < -0.4 is 9.91 Å². The van der Waals surface area contributed by atoms with Crippen LogP contribution in [-0.2, 0) is 29.8 Å². The first kappa shape index (κ1) is 27.6. The maximum Gasteiger partial charge on any atom is 0.294 e. The number of hydrogen-bond donors (Lipinski definition) is 2. The molecular weight excluding hydrogens is 548 g/mol. The third-order valence-corrected chi connectivity index (χ3v) is 7.73. The summed E-state index contributed by atoms with van der Waals surface area (Å²) in [6, 6.07) is 11.8.